The highest BCUT2D eigenvalue weighted by molar-refractivity contribution is 5.98. The number of nitrogen functional groups attached to an aromatic ring is 1. The van der Waals surface area contributed by atoms with Gasteiger partial charge in [-0.3, -0.25) is 0 Å². The topological polar surface area (TPSA) is 61.5 Å². The van der Waals surface area contributed by atoms with Crippen LogP contribution in [0.15, 0.2) is 18.2 Å². The molecule has 0 spiro atoms. The van der Waals surface area contributed by atoms with Crippen molar-refractivity contribution in [2.24, 2.45) is 5.92 Å². The summed E-state index contributed by atoms with van der Waals surface area (Å²) in [6, 6.07) is 5.22. The smallest absolute Gasteiger partial charge is 0.343 e. The lowest BCUT2D eigenvalue weighted by atomic mass is 10.1. The molecule has 0 bridgehead atoms. The molecule has 1 aliphatic carbocycles. The predicted octanol–water partition coefficient (Wildman–Crippen LogP) is 3.01. The van der Waals surface area contributed by atoms with Crippen LogP contribution in [0.2, 0.25) is 0 Å². The molecular weight excluding hydrogens is 242 g/mol. The third kappa shape index (κ3) is 3.40. The Hall–Kier alpha value is -1.71. The van der Waals surface area contributed by atoms with Gasteiger partial charge in [0.2, 0.25) is 0 Å². The summed E-state index contributed by atoms with van der Waals surface area (Å²) in [6.45, 7) is 0.623. The number of hydrogen-bond donors (Lipinski definition) is 1. The summed E-state index contributed by atoms with van der Waals surface area (Å²) in [5, 5.41) is 0. The molecule has 0 aromatic heterocycles. The second kappa shape index (κ2) is 6.45. The van der Waals surface area contributed by atoms with E-state index in [4.69, 9.17) is 15.2 Å². The molecule has 104 valence electrons. The number of rotatable bonds is 5. The van der Waals surface area contributed by atoms with Crippen LogP contribution < -0.4 is 10.5 Å². The molecule has 0 saturated heterocycles. The average molecular weight is 263 g/mol. The zero-order chi connectivity index (χ0) is 13.7. The second-order valence-electron chi connectivity index (χ2n) is 5.00. The molecule has 0 unspecified atom stereocenters. The number of nitrogens with two attached hydrogens (primary N) is 1. The third-order valence-electron chi connectivity index (χ3n) is 3.71. The average Bonchev–Trinajstić information content (AvgIpc) is 2.91. The molecule has 4 heteroatoms. The van der Waals surface area contributed by atoms with Crippen LogP contribution in [-0.2, 0) is 4.74 Å². The molecule has 0 amide bonds. The van der Waals surface area contributed by atoms with Crippen LogP contribution in [0.5, 0.6) is 5.75 Å². The molecule has 0 radical (unpaired) electrons. The van der Waals surface area contributed by atoms with Crippen LogP contribution in [0.4, 0.5) is 5.69 Å². The molecule has 1 aromatic rings. The highest BCUT2D eigenvalue weighted by Crippen LogP contribution is 2.29. The van der Waals surface area contributed by atoms with E-state index in [2.05, 4.69) is 0 Å². The first-order chi connectivity index (χ1) is 9.22. The maximum atomic E-state index is 11.7. The van der Waals surface area contributed by atoms with Crippen LogP contribution in [-0.4, -0.2) is 19.7 Å². The quantitative estimate of drug-likeness (QED) is 0.655. The van der Waals surface area contributed by atoms with Crippen molar-refractivity contribution in [3.05, 3.63) is 23.8 Å². The van der Waals surface area contributed by atoms with Gasteiger partial charge in [-0.2, -0.15) is 0 Å². The number of carbonyl (C=O) groups is 1. The summed E-state index contributed by atoms with van der Waals surface area (Å²) in [5.41, 5.74) is 6.53. The molecule has 1 fully saturated rings. The number of carbonyl (C=O) groups excluding carboxylic acids is 1. The Balaban J connectivity index is 1.98. The van der Waals surface area contributed by atoms with E-state index in [-0.39, 0.29) is 0 Å². The molecule has 1 aliphatic rings. The number of benzene rings is 1. The molecule has 2 N–H and O–H groups in total. The molecular formula is C15H21NO3. The van der Waals surface area contributed by atoms with Gasteiger partial charge in [0.15, 0.2) is 0 Å². The van der Waals surface area contributed by atoms with Gasteiger partial charge in [-0.1, -0.05) is 31.7 Å². The Morgan fingerprint density at radius 1 is 1.37 bits per heavy atom. The van der Waals surface area contributed by atoms with Gasteiger partial charge >= 0.3 is 5.97 Å². The monoisotopic (exact) mass is 263 g/mol. The fourth-order valence-electron chi connectivity index (χ4n) is 2.62. The minimum atomic E-state index is -0.450. The first-order valence-electron chi connectivity index (χ1n) is 6.82. The van der Waals surface area contributed by atoms with Gasteiger partial charge in [-0.25, -0.2) is 4.79 Å². The number of ether oxygens (including phenoxy) is 2. The number of anilines is 1. The van der Waals surface area contributed by atoms with Gasteiger partial charge in [0, 0.05) is 5.69 Å². The lowest BCUT2D eigenvalue weighted by molar-refractivity contribution is 0.0597. The minimum Gasteiger partial charge on any atom is -0.493 e. The van der Waals surface area contributed by atoms with Crippen LogP contribution in [0.3, 0.4) is 0 Å². The van der Waals surface area contributed by atoms with E-state index in [9.17, 15) is 4.79 Å². The van der Waals surface area contributed by atoms with E-state index in [0.29, 0.717) is 23.6 Å². The lowest BCUT2D eigenvalue weighted by Gasteiger charge is -2.14. The highest BCUT2D eigenvalue weighted by Gasteiger charge is 2.18. The maximum absolute atomic E-state index is 11.7. The molecule has 0 aliphatic heterocycles. The van der Waals surface area contributed by atoms with Crippen molar-refractivity contribution in [2.75, 3.05) is 19.5 Å². The van der Waals surface area contributed by atoms with Gasteiger partial charge in [-0.05, 0) is 24.5 Å². The van der Waals surface area contributed by atoms with Crippen molar-refractivity contribution >= 4 is 11.7 Å². The van der Waals surface area contributed by atoms with Crippen LogP contribution in [0, 0.1) is 5.92 Å². The molecule has 2 rings (SSSR count). The highest BCUT2D eigenvalue weighted by atomic mass is 16.5. The zero-order valence-corrected chi connectivity index (χ0v) is 11.4. The number of methoxy groups -OCH3 is 1. The van der Waals surface area contributed by atoms with Gasteiger partial charge in [-0.15, -0.1) is 0 Å². The Bertz CT molecular complexity index is 439. The molecule has 1 aromatic carbocycles. The van der Waals surface area contributed by atoms with Crippen molar-refractivity contribution in [3.8, 4) is 5.75 Å². The van der Waals surface area contributed by atoms with Gasteiger partial charge in [0.25, 0.3) is 0 Å². The summed E-state index contributed by atoms with van der Waals surface area (Å²) < 4.78 is 10.5. The first kappa shape index (κ1) is 13.7. The van der Waals surface area contributed by atoms with E-state index in [1.165, 1.54) is 32.8 Å². The van der Waals surface area contributed by atoms with Crippen LogP contribution in [0.1, 0.15) is 42.5 Å². The lowest BCUT2D eigenvalue weighted by Crippen LogP contribution is -2.11. The van der Waals surface area contributed by atoms with Crippen molar-refractivity contribution in [1.29, 1.82) is 0 Å². The van der Waals surface area contributed by atoms with Crippen molar-refractivity contribution < 1.29 is 14.3 Å². The van der Waals surface area contributed by atoms with Crippen LogP contribution >= 0.6 is 0 Å². The summed E-state index contributed by atoms with van der Waals surface area (Å²) >= 11 is 0. The van der Waals surface area contributed by atoms with E-state index in [0.717, 1.165) is 12.3 Å². The standard InChI is InChI=1S/C15H21NO3/c1-18-15(17)14-12(16)7-4-8-13(14)19-10-9-11-5-2-3-6-11/h4,7-8,11H,2-3,5-6,9-10,16H2,1H3. The molecule has 4 nitrogen and oxygen atoms in total. The predicted molar refractivity (Wildman–Crippen MR) is 74.3 cm³/mol. The molecule has 0 atom stereocenters. The normalized spacial score (nSPS) is 15.4. The fourth-order valence-corrected chi connectivity index (χ4v) is 2.62. The summed E-state index contributed by atoms with van der Waals surface area (Å²) in [5.74, 6) is 0.835. The SMILES string of the molecule is COC(=O)c1c(N)cccc1OCCC1CCCC1. The van der Waals surface area contributed by atoms with Gasteiger partial charge in [0.1, 0.15) is 11.3 Å². The van der Waals surface area contributed by atoms with Crippen molar-refractivity contribution in [1.82, 2.24) is 0 Å². The Morgan fingerprint density at radius 2 is 2.11 bits per heavy atom. The third-order valence-corrected chi connectivity index (χ3v) is 3.71. The number of hydrogen-bond acceptors (Lipinski definition) is 4. The van der Waals surface area contributed by atoms with E-state index < -0.39 is 5.97 Å². The fraction of sp³-hybridized carbons (Fsp3) is 0.533. The van der Waals surface area contributed by atoms with E-state index in [1.54, 1.807) is 18.2 Å². The minimum absolute atomic E-state index is 0.330. The van der Waals surface area contributed by atoms with Crippen LogP contribution in [0.25, 0.3) is 0 Å². The first-order valence-corrected chi connectivity index (χ1v) is 6.82. The second-order valence-corrected chi connectivity index (χ2v) is 5.00. The Morgan fingerprint density at radius 3 is 2.79 bits per heavy atom. The van der Waals surface area contributed by atoms with Crippen molar-refractivity contribution in [2.45, 2.75) is 32.1 Å². The molecule has 0 heterocycles. The van der Waals surface area contributed by atoms with E-state index >= 15 is 0 Å². The van der Waals surface area contributed by atoms with Gasteiger partial charge in [0.05, 0.1) is 13.7 Å². The maximum Gasteiger partial charge on any atom is 0.343 e. The van der Waals surface area contributed by atoms with Crippen molar-refractivity contribution in [3.63, 3.8) is 0 Å². The number of esters is 1. The van der Waals surface area contributed by atoms with Gasteiger partial charge < -0.3 is 15.2 Å². The Labute approximate surface area is 113 Å². The largest absolute Gasteiger partial charge is 0.493 e. The van der Waals surface area contributed by atoms with E-state index in [1.807, 2.05) is 0 Å². The summed E-state index contributed by atoms with van der Waals surface area (Å²) in [6.07, 6.45) is 6.29. The summed E-state index contributed by atoms with van der Waals surface area (Å²) in [7, 11) is 1.34. The molecule has 19 heavy (non-hydrogen) atoms. The Kier molecular flexibility index (Phi) is 4.66. The zero-order valence-electron chi connectivity index (χ0n) is 11.4. The molecule has 1 saturated carbocycles. The summed E-state index contributed by atoms with van der Waals surface area (Å²) in [4.78, 5) is 11.7.